The van der Waals surface area contributed by atoms with Gasteiger partial charge in [0, 0.05) is 0 Å². The molecule has 0 bridgehead atoms. The van der Waals surface area contributed by atoms with Gasteiger partial charge in [-0.1, -0.05) is 13.3 Å². The second-order valence-corrected chi connectivity index (χ2v) is 6.86. The summed E-state index contributed by atoms with van der Waals surface area (Å²) < 4.78 is 0. The summed E-state index contributed by atoms with van der Waals surface area (Å²) in [7, 11) is -1.34. The van der Waals surface area contributed by atoms with Gasteiger partial charge in [0.15, 0.2) is 0 Å². The summed E-state index contributed by atoms with van der Waals surface area (Å²) in [5.41, 5.74) is 0. The van der Waals surface area contributed by atoms with E-state index in [4.69, 9.17) is 0 Å². The molecule has 0 amide bonds. The summed E-state index contributed by atoms with van der Waals surface area (Å²) >= 11 is 0. The quantitative estimate of drug-likeness (QED) is 0.630. The molecule has 1 radical (unpaired) electrons. The van der Waals surface area contributed by atoms with Crippen LogP contribution in [0, 0.1) is 0 Å². The molecule has 0 spiro atoms. The fourth-order valence-electron chi connectivity index (χ4n) is 1.60. The normalized spacial score (nSPS) is 23.4. The Morgan fingerprint density at radius 1 is 1.30 bits per heavy atom. The van der Waals surface area contributed by atoms with Crippen molar-refractivity contribution in [2.45, 2.75) is 32.6 Å². The molecule has 1 N–H and O–H groups in total. The average molecular weight is 161 g/mol. The lowest BCUT2D eigenvalue weighted by Gasteiger charge is -2.23. The van der Waals surface area contributed by atoms with Gasteiger partial charge in [0.1, 0.15) is 0 Å². The van der Waals surface area contributed by atoms with Crippen LogP contribution in [0.3, 0.4) is 0 Å². The summed E-state index contributed by atoms with van der Waals surface area (Å²) in [4.78, 5) is 9.93. The Labute approximate surface area is 64.3 Å². The summed E-state index contributed by atoms with van der Waals surface area (Å²) in [6.45, 7) is 2.20. The predicted molar refractivity (Wildman–Crippen MR) is 47.9 cm³/mol. The highest BCUT2D eigenvalue weighted by atomic mass is 31.2. The van der Waals surface area contributed by atoms with Crippen LogP contribution in [-0.2, 0) is 0 Å². The summed E-state index contributed by atoms with van der Waals surface area (Å²) in [6, 6.07) is 0. The molecule has 1 nitrogen and oxygen atoms in total. The second-order valence-electron chi connectivity index (χ2n) is 3.33. The fraction of sp³-hybridized carbons (Fsp3) is 1.00. The number of hydrogen-bond donors (Lipinski definition) is 1. The van der Waals surface area contributed by atoms with Gasteiger partial charge in [0.2, 0.25) is 0 Å². The molecular weight excluding hydrogens is 143 g/mol. The Kier molecular flexibility index (Phi) is 3.13. The van der Waals surface area contributed by atoms with Crippen LogP contribution >= 0.6 is 7.49 Å². The topological polar surface area (TPSA) is 20.2 Å². The van der Waals surface area contributed by atoms with Crippen molar-refractivity contribution in [3.8, 4) is 0 Å². The van der Waals surface area contributed by atoms with Crippen LogP contribution in [0.5, 0.6) is 0 Å². The van der Waals surface area contributed by atoms with E-state index in [-0.39, 0.29) is 0 Å². The van der Waals surface area contributed by atoms with Crippen LogP contribution in [0.1, 0.15) is 32.6 Å². The van der Waals surface area contributed by atoms with Crippen LogP contribution in [0.2, 0.25) is 0 Å². The van der Waals surface area contributed by atoms with E-state index in [0.29, 0.717) is 0 Å². The smallest absolute Gasteiger partial charge is 0.0137 e. The lowest BCUT2D eigenvalue weighted by atomic mass is 10.4. The van der Waals surface area contributed by atoms with E-state index in [9.17, 15) is 4.89 Å². The van der Waals surface area contributed by atoms with Crippen molar-refractivity contribution in [2.75, 3.05) is 18.5 Å². The molecule has 1 rings (SSSR count). The Morgan fingerprint density at radius 3 is 2.40 bits per heavy atom. The minimum Gasteiger partial charge on any atom is -0.380 e. The molecule has 1 aliphatic rings. The average Bonchev–Trinajstić information content (AvgIpc) is 2.33. The van der Waals surface area contributed by atoms with Crippen molar-refractivity contribution >= 4 is 7.49 Å². The number of unbranched alkanes of at least 4 members (excludes halogenated alkanes) is 1. The molecule has 0 unspecified atom stereocenters. The lowest BCUT2D eigenvalue weighted by Crippen LogP contribution is -1.98. The van der Waals surface area contributed by atoms with Crippen LogP contribution < -0.4 is 0 Å². The van der Waals surface area contributed by atoms with E-state index < -0.39 is 7.49 Å². The van der Waals surface area contributed by atoms with Gasteiger partial charge < -0.3 is 4.89 Å². The molecule has 10 heavy (non-hydrogen) atoms. The molecule has 1 aliphatic heterocycles. The van der Waals surface area contributed by atoms with Crippen molar-refractivity contribution in [2.24, 2.45) is 0 Å². The largest absolute Gasteiger partial charge is 0.380 e. The molecule has 0 aromatic rings. The zero-order valence-electron chi connectivity index (χ0n) is 6.84. The third kappa shape index (κ3) is 2.21. The van der Waals surface area contributed by atoms with E-state index >= 15 is 0 Å². The maximum Gasteiger partial charge on any atom is -0.0137 e. The fourth-order valence-corrected chi connectivity index (χ4v) is 4.80. The molecule has 0 aromatic heterocycles. The van der Waals surface area contributed by atoms with Crippen LogP contribution in [0.25, 0.3) is 0 Å². The molecular formula is C8H18OP. The molecule has 0 saturated carbocycles. The number of rotatable bonds is 3. The van der Waals surface area contributed by atoms with E-state index in [1.54, 1.807) is 0 Å². The van der Waals surface area contributed by atoms with E-state index in [1.807, 2.05) is 0 Å². The van der Waals surface area contributed by atoms with E-state index in [2.05, 4.69) is 6.92 Å². The highest BCUT2D eigenvalue weighted by molar-refractivity contribution is 7.70. The van der Waals surface area contributed by atoms with E-state index in [0.717, 1.165) is 18.5 Å². The van der Waals surface area contributed by atoms with Gasteiger partial charge in [-0.05, 0) is 45.2 Å². The zero-order chi connectivity index (χ0) is 7.45. The Bertz CT molecular complexity index is 97.4. The molecule has 0 aromatic carbocycles. The SMILES string of the molecule is CCCC[P]1(O)CCCC1. The summed E-state index contributed by atoms with van der Waals surface area (Å²) in [5, 5.41) is 0. The summed E-state index contributed by atoms with van der Waals surface area (Å²) in [6.07, 6.45) is 8.51. The van der Waals surface area contributed by atoms with Gasteiger partial charge in [0.25, 0.3) is 0 Å². The molecule has 61 valence electrons. The van der Waals surface area contributed by atoms with E-state index in [1.165, 1.54) is 25.7 Å². The maximum atomic E-state index is 9.93. The predicted octanol–water partition coefficient (Wildman–Crippen LogP) is 2.51. The lowest BCUT2D eigenvalue weighted by molar-refractivity contribution is 0.600. The van der Waals surface area contributed by atoms with Gasteiger partial charge in [0.05, 0.1) is 0 Å². The zero-order valence-corrected chi connectivity index (χ0v) is 7.74. The Hall–Kier alpha value is 0.390. The maximum absolute atomic E-state index is 9.93. The van der Waals surface area contributed by atoms with Gasteiger partial charge in [-0.15, -0.1) is 0 Å². The Morgan fingerprint density at radius 2 is 1.90 bits per heavy atom. The van der Waals surface area contributed by atoms with Crippen LogP contribution in [-0.4, -0.2) is 23.4 Å². The highest BCUT2D eigenvalue weighted by Gasteiger charge is 2.27. The highest BCUT2D eigenvalue weighted by Crippen LogP contribution is 2.60. The molecule has 2 heteroatoms. The first kappa shape index (κ1) is 8.49. The first-order chi connectivity index (χ1) is 4.77. The molecule has 0 atom stereocenters. The first-order valence-electron chi connectivity index (χ1n) is 4.36. The van der Waals surface area contributed by atoms with Crippen LogP contribution in [0.15, 0.2) is 0 Å². The molecule has 1 heterocycles. The third-order valence-corrected chi connectivity index (χ3v) is 5.77. The minimum absolute atomic E-state index is 1.14. The van der Waals surface area contributed by atoms with Gasteiger partial charge in [-0.2, -0.15) is 0 Å². The molecule has 0 aliphatic carbocycles. The number of hydrogen-bond acceptors (Lipinski definition) is 1. The first-order valence-corrected chi connectivity index (χ1v) is 6.65. The second kappa shape index (κ2) is 3.69. The van der Waals surface area contributed by atoms with Gasteiger partial charge in [-0.3, -0.25) is 0 Å². The minimum atomic E-state index is -1.34. The van der Waals surface area contributed by atoms with Crippen molar-refractivity contribution in [1.29, 1.82) is 0 Å². The van der Waals surface area contributed by atoms with Crippen molar-refractivity contribution in [3.63, 3.8) is 0 Å². The third-order valence-electron chi connectivity index (χ3n) is 2.33. The summed E-state index contributed by atoms with van der Waals surface area (Å²) in [5.74, 6) is 0. The van der Waals surface area contributed by atoms with Gasteiger partial charge in [-0.25, -0.2) is 0 Å². The van der Waals surface area contributed by atoms with Crippen molar-refractivity contribution in [3.05, 3.63) is 0 Å². The molecule has 1 fully saturated rings. The van der Waals surface area contributed by atoms with Crippen LogP contribution in [0.4, 0.5) is 0 Å². The van der Waals surface area contributed by atoms with Crippen molar-refractivity contribution < 1.29 is 4.89 Å². The van der Waals surface area contributed by atoms with Gasteiger partial charge >= 0.3 is 0 Å². The monoisotopic (exact) mass is 161 g/mol. The molecule has 1 saturated heterocycles. The standard InChI is InChI=1S/C8H18OP/c1-2-3-6-10(9)7-4-5-8-10/h9H,2-8H2,1H3. The Balaban J connectivity index is 2.22. The van der Waals surface area contributed by atoms with Crippen molar-refractivity contribution in [1.82, 2.24) is 0 Å².